The van der Waals surface area contributed by atoms with Gasteiger partial charge in [-0.3, -0.25) is 4.79 Å². The highest BCUT2D eigenvalue weighted by molar-refractivity contribution is 7.09. The van der Waals surface area contributed by atoms with Gasteiger partial charge in [0.25, 0.3) is 0 Å². The summed E-state index contributed by atoms with van der Waals surface area (Å²) >= 11 is 1.67. The lowest BCUT2D eigenvalue weighted by atomic mass is 9.98. The van der Waals surface area contributed by atoms with Crippen LogP contribution in [0.1, 0.15) is 29.3 Å². The van der Waals surface area contributed by atoms with Crippen molar-refractivity contribution in [3.63, 3.8) is 0 Å². The van der Waals surface area contributed by atoms with Crippen molar-refractivity contribution < 1.29 is 4.79 Å². The van der Waals surface area contributed by atoms with Gasteiger partial charge in [-0.1, -0.05) is 23.8 Å². The zero-order valence-corrected chi connectivity index (χ0v) is 14.0. The molecule has 0 aliphatic carbocycles. The van der Waals surface area contributed by atoms with E-state index in [2.05, 4.69) is 41.4 Å². The minimum atomic E-state index is -0.137. The highest BCUT2D eigenvalue weighted by Crippen LogP contribution is 2.29. The molecule has 1 aromatic carbocycles. The minimum Gasteiger partial charge on any atom is -0.360 e. The van der Waals surface area contributed by atoms with Crippen molar-refractivity contribution in [1.29, 1.82) is 0 Å². The molecule has 1 aromatic heterocycles. The summed E-state index contributed by atoms with van der Waals surface area (Å²) in [6, 6.07) is 10.5. The topological polar surface area (TPSA) is 32.3 Å². The van der Waals surface area contributed by atoms with Gasteiger partial charge >= 0.3 is 0 Å². The van der Waals surface area contributed by atoms with E-state index in [4.69, 9.17) is 0 Å². The summed E-state index contributed by atoms with van der Waals surface area (Å²) in [6.45, 7) is 5.69. The molecule has 1 N–H and O–H groups in total. The number of hydrogen-bond donors (Lipinski definition) is 1. The van der Waals surface area contributed by atoms with E-state index in [0.29, 0.717) is 6.54 Å². The molecule has 3 nitrogen and oxygen atoms in total. The van der Waals surface area contributed by atoms with E-state index < -0.39 is 0 Å². The molecule has 0 saturated carbocycles. The largest absolute Gasteiger partial charge is 0.360 e. The van der Waals surface area contributed by atoms with Crippen LogP contribution >= 0.6 is 11.3 Å². The number of carbonyl (C=O) groups excluding carboxylic acids is 1. The van der Waals surface area contributed by atoms with E-state index in [1.54, 1.807) is 11.3 Å². The summed E-state index contributed by atoms with van der Waals surface area (Å²) in [5, 5.41) is 5.09. The minimum absolute atomic E-state index is 0.0989. The first kappa shape index (κ1) is 15.1. The average molecular weight is 314 g/mol. The maximum absolute atomic E-state index is 12.5. The van der Waals surface area contributed by atoms with Gasteiger partial charge in [0.1, 0.15) is 6.04 Å². The maximum Gasteiger partial charge on any atom is 0.242 e. The van der Waals surface area contributed by atoms with Gasteiger partial charge in [-0.25, -0.2) is 0 Å². The number of benzene rings is 1. The number of anilines is 1. The van der Waals surface area contributed by atoms with Crippen LogP contribution in [0.4, 0.5) is 5.69 Å². The molecule has 2 aromatic rings. The third-order valence-corrected chi connectivity index (χ3v) is 5.13. The zero-order valence-electron chi connectivity index (χ0n) is 13.1. The fraction of sp³-hybridized carbons (Fsp3) is 0.389. The normalized spacial score (nSPS) is 15.3. The standard InChI is InChI=1S/C18H22N2OS/c1-13-7-8-17-15(11-13)5-3-9-20(17)14(2)18(21)19-12-16-6-4-10-22-16/h4,6-8,10-11,14H,3,5,9,12H2,1-2H3,(H,19,21)/t14-/m1/s1. The number of nitrogens with zero attached hydrogens (tertiary/aromatic N) is 1. The Morgan fingerprint density at radius 1 is 1.41 bits per heavy atom. The average Bonchev–Trinajstić information content (AvgIpc) is 3.04. The second kappa shape index (κ2) is 6.53. The van der Waals surface area contributed by atoms with Gasteiger partial charge in [-0.2, -0.15) is 0 Å². The SMILES string of the molecule is Cc1ccc2c(c1)CCCN2[C@H](C)C(=O)NCc1cccs1. The van der Waals surface area contributed by atoms with Gasteiger partial charge in [0.15, 0.2) is 0 Å². The molecule has 0 saturated heterocycles. The van der Waals surface area contributed by atoms with Crippen LogP contribution in [0.15, 0.2) is 35.7 Å². The van der Waals surface area contributed by atoms with Crippen LogP contribution < -0.4 is 10.2 Å². The van der Waals surface area contributed by atoms with Gasteiger partial charge in [0.2, 0.25) is 5.91 Å². The molecule has 0 spiro atoms. The predicted octanol–water partition coefficient (Wildman–Crippen LogP) is 3.51. The molecule has 3 rings (SSSR count). The van der Waals surface area contributed by atoms with E-state index in [1.165, 1.54) is 21.7 Å². The fourth-order valence-corrected chi connectivity index (χ4v) is 3.68. The van der Waals surface area contributed by atoms with Crippen LogP contribution in [0.3, 0.4) is 0 Å². The second-order valence-electron chi connectivity index (χ2n) is 5.90. The number of hydrogen-bond acceptors (Lipinski definition) is 3. The molecular formula is C18H22N2OS. The van der Waals surface area contributed by atoms with Gasteiger partial charge in [-0.05, 0) is 49.8 Å². The third kappa shape index (κ3) is 3.17. The molecular weight excluding hydrogens is 292 g/mol. The summed E-state index contributed by atoms with van der Waals surface area (Å²) in [4.78, 5) is 15.9. The molecule has 0 unspecified atom stereocenters. The number of amides is 1. The zero-order chi connectivity index (χ0) is 15.5. The van der Waals surface area contributed by atoms with E-state index in [9.17, 15) is 4.79 Å². The van der Waals surface area contributed by atoms with Crippen LogP contribution in [0.5, 0.6) is 0 Å². The summed E-state index contributed by atoms with van der Waals surface area (Å²) in [7, 11) is 0. The monoisotopic (exact) mass is 314 g/mol. The van der Waals surface area contributed by atoms with Crippen LogP contribution in [0.2, 0.25) is 0 Å². The van der Waals surface area contributed by atoms with Crippen molar-refractivity contribution in [2.45, 2.75) is 39.3 Å². The summed E-state index contributed by atoms with van der Waals surface area (Å²) in [5.74, 6) is 0.0989. The number of fused-ring (bicyclic) bond motifs is 1. The van der Waals surface area contributed by atoms with Crippen molar-refractivity contribution in [2.75, 3.05) is 11.4 Å². The number of thiophene rings is 1. The molecule has 1 amide bonds. The Bertz CT molecular complexity index is 651. The first-order valence-electron chi connectivity index (χ1n) is 7.81. The lowest BCUT2D eigenvalue weighted by molar-refractivity contribution is -0.122. The van der Waals surface area contributed by atoms with E-state index in [0.717, 1.165) is 19.4 Å². The summed E-state index contributed by atoms with van der Waals surface area (Å²) < 4.78 is 0. The maximum atomic E-state index is 12.5. The second-order valence-corrected chi connectivity index (χ2v) is 6.93. The highest BCUT2D eigenvalue weighted by Gasteiger charge is 2.25. The van der Waals surface area contributed by atoms with E-state index >= 15 is 0 Å². The molecule has 4 heteroatoms. The Balaban J connectivity index is 1.70. The van der Waals surface area contributed by atoms with Gasteiger partial charge in [0, 0.05) is 17.1 Å². The van der Waals surface area contributed by atoms with Crippen LogP contribution in [0.25, 0.3) is 0 Å². The Labute approximate surface area is 136 Å². The van der Waals surface area contributed by atoms with E-state index in [-0.39, 0.29) is 11.9 Å². The molecule has 0 radical (unpaired) electrons. The van der Waals surface area contributed by atoms with Crippen LogP contribution in [-0.2, 0) is 17.8 Å². The Morgan fingerprint density at radius 3 is 3.05 bits per heavy atom. The van der Waals surface area contributed by atoms with E-state index in [1.807, 2.05) is 18.4 Å². The molecule has 1 atom stereocenters. The predicted molar refractivity (Wildman–Crippen MR) is 92.5 cm³/mol. The van der Waals surface area contributed by atoms with Crippen molar-refractivity contribution in [3.05, 3.63) is 51.7 Å². The first-order chi connectivity index (χ1) is 10.6. The number of rotatable bonds is 4. The quantitative estimate of drug-likeness (QED) is 0.936. The Morgan fingerprint density at radius 2 is 2.27 bits per heavy atom. The number of carbonyl (C=O) groups is 1. The van der Waals surface area contributed by atoms with Crippen molar-refractivity contribution in [1.82, 2.24) is 5.32 Å². The van der Waals surface area contributed by atoms with Crippen molar-refractivity contribution in [3.8, 4) is 0 Å². The Hall–Kier alpha value is -1.81. The van der Waals surface area contributed by atoms with Crippen molar-refractivity contribution >= 4 is 22.9 Å². The Kier molecular flexibility index (Phi) is 4.48. The fourth-order valence-electron chi connectivity index (χ4n) is 3.03. The lowest BCUT2D eigenvalue weighted by Gasteiger charge is -2.35. The lowest BCUT2D eigenvalue weighted by Crippen LogP contribution is -2.47. The van der Waals surface area contributed by atoms with Crippen LogP contribution in [-0.4, -0.2) is 18.5 Å². The molecule has 116 valence electrons. The summed E-state index contributed by atoms with van der Waals surface area (Å²) in [5.41, 5.74) is 3.87. The number of nitrogens with one attached hydrogen (secondary N) is 1. The van der Waals surface area contributed by atoms with Gasteiger partial charge in [0.05, 0.1) is 6.54 Å². The highest BCUT2D eigenvalue weighted by atomic mass is 32.1. The smallest absolute Gasteiger partial charge is 0.242 e. The molecule has 1 aliphatic heterocycles. The summed E-state index contributed by atoms with van der Waals surface area (Å²) in [6.07, 6.45) is 2.22. The molecule has 1 aliphatic rings. The molecule has 0 fully saturated rings. The van der Waals surface area contributed by atoms with Crippen LogP contribution in [0, 0.1) is 6.92 Å². The first-order valence-corrected chi connectivity index (χ1v) is 8.69. The van der Waals surface area contributed by atoms with Gasteiger partial charge < -0.3 is 10.2 Å². The molecule has 22 heavy (non-hydrogen) atoms. The number of aryl methyl sites for hydroxylation is 2. The molecule has 0 bridgehead atoms. The molecule has 2 heterocycles. The van der Waals surface area contributed by atoms with Gasteiger partial charge in [-0.15, -0.1) is 11.3 Å². The van der Waals surface area contributed by atoms with Crippen molar-refractivity contribution in [2.24, 2.45) is 0 Å². The third-order valence-electron chi connectivity index (χ3n) is 4.25.